The molecule has 1 unspecified atom stereocenters. The smallest absolute Gasteiger partial charge is 0.193 e. The molecule has 0 fully saturated rings. The maximum absolute atomic E-state index is 4.88. The Morgan fingerprint density at radius 1 is 1.40 bits per heavy atom. The van der Waals surface area contributed by atoms with Crippen LogP contribution >= 0.6 is 24.0 Å². The first-order valence-electron chi connectivity index (χ1n) is 8.34. The van der Waals surface area contributed by atoms with Crippen molar-refractivity contribution in [1.29, 1.82) is 0 Å². The van der Waals surface area contributed by atoms with E-state index in [1.54, 1.807) is 13.3 Å². The second kappa shape index (κ2) is 9.07. The van der Waals surface area contributed by atoms with Gasteiger partial charge in [-0.15, -0.1) is 24.0 Å². The van der Waals surface area contributed by atoms with Gasteiger partial charge in [-0.25, -0.2) is 0 Å². The predicted molar refractivity (Wildman–Crippen MR) is 112 cm³/mol. The van der Waals surface area contributed by atoms with Crippen LogP contribution in [0.4, 0.5) is 5.69 Å². The number of benzene rings is 1. The van der Waals surface area contributed by atoms with Gasteiger partial charge in [-0.1, -0.05) is 23.4 Å². The van der Waals surface area contributed by atoms with Crippen molar-refractivity contribution in [3.05, 3.63) is 47.9 Å². The van der Waals surface area contributed by atoms with Crippen LogP contribution in [-0.4, -0.2) is 49.2 Å². The molecule has 0 amide bonds. The number of guanidine groups is 1. The van der Waals surface area contributed by atoms with Crippen molar-refractivity contribution in [2.24, 2.45) is 4.99 Å². The molecule has 0 saturated heterocycles. The number of anilines is 1. The molecule has 2 aromatic rings. The summed E-state index contributed by atoms with van der Waals surface area (Å²) in [5.41, 5.74) is 3.69. The van der Waals surface area contributed by atoms with Gasteiger partial charge in [-0.3, -0.25) is 4.99 Å². The van der Waals surface area contributed by atoms with Gasteiger partial charge in [-0.2, -0.15) is 0 Å². The number of para-hydroxylation sites is 1. The fourth-order valence-corrected chi connectivity index (χ4v) is 3.19. The molecule has 0 spiro atoms. The van der Waals surface area contributed by atoms with Gasteiger partial charge in [0.25, 0.3) is 0 Å². The average molecular weight is 455 g/mol. The van der Waals surface area contributed by atoms with Gasteiger partial charge in [0.1, 0.15) is 12.0 Å². The van der Waals surface area contributed by atoms with E-state index in [-0.39, 0.29) is 24.0 Å². The molecule has 1 aliphatic rings. The number of hydrogen-bond acceptors (Lipinski definition) is 4. The Bertz CT molecular complexity index is 689. The fraction of sp³-hybridized carbons (Fsp3) is 0.444. The Kier molecular flexibility index (Phi) is 7.10. The van der Waals surface area contributed by atoms with Gasteiger partial charge >= 0.3 is 0 Å². The van der Waals surface area contributed by atoms with Gasteiger partial charge in [0.05, 0.1) is 6.54 Å². The highest BCUT2D eigenvalue weighted by Gasteiger charge is 2.23. The second-order valence-corrected chi connectivity index (χ2v) is 6.20. The summed E-state index contributed by atoms with van der Waals surface area (Å²) >= 11 is 0. The van der Waals surface area contributed by atoms with Crippen LogP contribution in [0.1, 0.15) is 18.2 Å². The minimum atomic E-state index is 0. The zero-order chi connectivity index (χ0) is 16.9. The van der Waals surface area contributed by atoms with Crippen LogP contribution < -0.4 is 10.2 Å². The largest absolute Gasteiger partial charge is 0.366 e. The van der Waals surface area contributed by atoms with Crippen LogP contribution in [0.3, 0.4) is 0 Å². The van der Waals surface area contributed by atoms with E-state index in [1.807, 2.05) is 18.0 Å². The Morgan fingerprint density at radius 2 is 2.20 bits per heavy atom. The third-order valence-corrected chi connectivity index (χ3v) is 4.47. The Morgan fingerprint density at radius 3 is 2.92 bits per heavy atom. The molecule has 3 rings (SSSR count). The topological polar surface area (TPSA) is 56.9 Å². The standard InChI is InChI=1S/C18H25N5O.HI/c1-14(23-10-8-15-6-4-5-7-17(15)23)12-20-18(19-2)22(3)13-16-9-11-24-21-16;/h4-7,9,11,14H,8,10,12-13H2,1-3H3,(H,19,20);1H. The van der Waals surface area contributed by atoms with Gasteiger partial charge in [0, 0.05) is 45.0 Å². The first-order chi connectivity index (χ1) is 11.7. The first-order valence-corrected chi connectivity index (χ1v) is 8.34. The molecule has 1 atom stereocenters. The monoisotopic (exact) mass is 455 g/mol. The molecule has 1 N–H and O–H groups in total. The Balaban J connectivity index is 0.00000225. The van der Waals surface area contributed by atoms with Crippen molar-refractivity contribution >= 4 is 35.6 Å². The molecular weight excluding hydrogens is 429 g/mol. The van der Waals surface area contributed by atoms with Crippen LogP contribution in [0, 0.1) is 0 Å². The van der Waals surface area contributed by atoms with Gasteiger partial charge < -0.3 is 19.6 Å². The van der Waals surface area contributed by atoms with E-state index in [4.69, 9.17) is 4.52 Å². The van der Waals surface area contributed by atoms with Crippen LogP contribution in [0.15, 0.2) is 46.1 Å². The summed E-state index contributed by atoms with van der Waals surface area (Å²) in [7, 11) is 3.80. The minimum absolute atomic E-state index is 0. The highest BCUT2D eigenvalue weighted by Crippen LogP contribution is 2.28. The van der Waals surface area contributed by atoms with Crippen molar-refractivity contribution in [3.63, 3.8) is 0 Å². The molecule has 1 aliphatic heterocycles. The lowest BCUT2D eigenvalue weighted by Crippen LogP contribution is -2.46. The first kappa shape index (κ1) is 19.6. The maximum Gasteiger partial charge on any atom is 0.193 e. The van der Waals surface area contributed by atoms with Crippen molar-refractivity contribution in [2.45, 2.75) is 25.9 Å². The molecule has 1 aromatic carbocycles. The van der Waals surface area contributed by atoms with Crippen molar-refractivity contribution < 1.29 is 4.52 Å². The summed E-state index contributed by atoms with van der Waals surface area (Å²) in [6.45, 7) is 4.83. The highest BCUT2D eigenvalue weighted by molar-refractivity contribution is 14.0. The molecule has 136 valence electrons. The van der Waals surface area contributed by atoms with Crippen LogP contribution in [0.2, 0.25) is 0 Å². The zero-order valence-electron chi connectivity index (χ0n) is 15.0. The summed E-state index contributed by atoms with van der Waals surface area (Å²) in [6, 6.07) is 10.9. The third-order valence-electron chi connectivity index (χ3n) is 4.47. The molecule has 0 radical (unpaired) electrons. The molecule has 0 saturated carbocycles. The molecule has 0 bridgehead atoms. The molecule has 2 heterocycles. The number of aromatic nitrogens is 1. The van der Waals surface area contributed by atoms with Crippen LogP contribution in [0.5, 0.6) is 0 Å². The number of rotatable bonds is 5. The van der Waals surface area contributed by atoms with Crippen molar-refractivity contribution in [1.82, 2.24) is 15.4 Å². The second-order valence-electron chi connectivity index (χ2n) is 6.20. The lowest BCUT2D eigenvalue weighted by molar-refractivity contribution is 0.390. The molecule has 7 heteroatoms. The van der Waals surface area contributed by atoms with Crippen molar-refractivity contribution in [3.8, 4) is 0 Å². The summed E-state index contributed by atoms with van der Waals surface area (Å²) in [6.07, 6.45) is 2.72. The van der Waals surface area contributed by atoms with Gasteiger partial charge in [0.2, 0.25) is 0 Å². The fourth-order valence-electron chi connectivity index (χ4n) is 3.19. The number of nitrogens with one attached hydrogen (secondary N) is 1. The quantitative estimate of drug-likeness (QED) is 0.427. The van der Waals surface area contributed by atoms with Gasteiger partial charge in [0.15, 0.2) is 5.96 Å². The zero-order valence-corrected chi connectivity index (χ0v) is 17.3. The molecule has 25 heavy (non-hydrogen) atoms. The number of halogens is 1. The van der Waals surface area contributed by atoms with E-state index in [2.05, 4.69) is 51.6 Å². The molecule has 0 aliphatic carbocycles. The molecule has 6 nitrogen and oxygen atoms in total. The van der Waals surface area contributed by atoms with Crippen molar-refractivity contribution in [2.75, 3.05) is 32.1 Å². The van der Waals surface area contributed by atoms with E-state index >= 15 is 0 Å². The Labute approximate surface area is 166 Å². The van der Waals surface area contributed by atoms with Crippen LogP contribution in [0.25, 0.3) is 0 Å². The lowest BCUT2D eigenvalue weighted by atomic mass is 10.2. The number of fused-ring (bicyclic) bond motifs is 1. The number of nitrogens with zero attached hydrogens (tertiary/aromatic N) is 4. The summed E-state index contributed by atoms with van der Waals surface area (Å²) in [5.74, 6) is 0.859. The highest BCUT2D eigenvalue weighted by atomic mass is 127. The van der Waals surface area contributed by atoms with E-state index in [0.29, 0.717) is 12.6 Å². The van der Waals surface area contributed by atoms with Gasteiger partial charge in [-0.05, 0) is 25.0 Å². The predicted octanol–water partition coefficient (Wildman–Crippen LogP) is 2.75. The molecule has 1 aromatic heterocycles. The average Bonchev–Trinajstić information content (AvgIpc) is 3.24. The summed E-state index contributed by atoms with van der Waals surface area (Å²) in [5, 5.41) is 7.41. The van der Waals surface area contributed by atoms with E-state index in [9.17, 15) is 0 Å². The SMILES string of the molecule is CN=C(NCC(C)N1CCc2ccccc21)N(C)Cc1ccon1.I. The van der Waals surface area contributed by atoms with E-state index in [0.717, 1.165) is 31.2 Å². The van der Waals surface area contributed by atoms with Crippen LogP contribution in [-0.2, 0) is 13.0 Å². The van der Waals surface area contributed by atoms with E-state index in [1.165, 1.54) is 11.3 Å². The number of aliphatic imine (C=N–C) groups is 1. The summed E-state index contributed by atoms with van der Waals surface area (Å²) < 4.78 is 4.88. The molecular formula is C18H26IN5O. The lowest BCUT2D eigenvalue weighted by Gasteiger charge is -2.29. The third kappa shape index (κ3) is 4.65. The normalized spacial score (nSPS) is 14.7. The van der Waals surface area contributed by atoms with E-state index < -0.39 is 0 Å². The maximum atomic E-state index is 4.88. The minimum Gasteiger partial charge on any atom is -0.366 e. The number of hydrogen-bond donors (Lipinski definition) is 1. The summed E-state index contributed by atoms with van der Waals surface area (Å²) in [4.78, 5) is 8.88. The Hall–Kier alpha value is -1.77.